The van der Waals surface area contributed by atoms with E-state index in [0.29, 0.717) is 0 Å². The fourth-order valence-electron chi connectivity index (χ4n) is 2.01. The van der Waals surface area contributed by atoms with Crippen molar-refractivity contribution < 1.29 is 23.9 Å². The third-order valence-corrected chi connectivity index (χ3v) is 4.19. The highest BCUT2D eigenvalue weighted by Crippen LogP contribution is 2.43. The molecule has 2 atom stereocenters. The van der Waals surface area contributed by atoms with E-state index in [4.69, 9.17) is 9.47 Å². The lowest BCUT2D eigenvalue weighted by atomic mass is 9.82. The van der Waals surface area contributed by atoms with E-state index >= 15 is 0 Å². The van der Waals surface area contributed by atoms with Gasteiger partial charge in [0.25, 0.3) is 5.78 Å². The molecule has 1 aliphatic rings. The molecule has 0 saturated heterocycles. The molecule has 0 aliphatic carbocycles. The zero-order chi connectivity index (χ0) is 15.3. The summed E-state index contributed by atoms with van der Waals surface area (Å²) >= 11 is 1.29. The van der Waals surface area contributed by atoms with E-state index in [-0.39, 0.29) is 13.2 Å². The first-order valence-corrected chi connectivity index (χ1v) is 7.24. The summed E-state index contributed by atoms with van der Waals surface area (Å²) in [5.41, 5.74) is -1.64. The standard InChI is InChI=1S/C13H19NO5S/c1-5-18-10(16)9(15)13(12(17)19-6-2)7-8-20-11(13)14(3)4/h7-8,11H,5-6H2,1-4H3. The highest BCUT2D eigenvalue weighted by atomic mass is 32.2. The molecule has 2 unspecified atom stereocenters. The van der Waals surface area contributed by atoms with Crippen molar-refractivity contribution in [3.63, 3.8) is 0 Å². The fraction of sp³-hybridized carbons (Fsp3) is 0.615. The maximum atomic E-state index is 12.4. The van der Waals surface area contributed by atoms with E-state index in [1.807, 2.05) is 0 Å². The van der Waals surface area contributed by atoms with Crippen molar-refractivity contribution in [2.24, 2.45) is 5.41 Å². The second kappa shape index (κ2) is 6.90. The van der Waals surface area contributed by atoms with Crippen molar-refractivity contribution >= 4 is 29.5 Å². The third kappa shape index (κ3) is 2.88. The molecule has 0 fully saturated rings. The molecule has 112 valence electrons. The fourth-order valence-corrected chi connectivity index (χ4v) is 3.19. The van der Waals surface area contributed by atoms with E-state index in [1.165, 1.54) is 17.8 Å². The number of nitrogens with zero attached hydrogens (tertiary/aromatic N) is 1. The lowest BCUT2D eigenvalue weighted by Crippen LogP contribution is -2.53. The van der Waals surface area contributed by atoms with Crippen LogP contribution >= 0.6 is 11.8 Å². The molecular weight excluding hydrogens is 282 g/mol. The summed E-state index contributed by atoms with van der Waals surface area (Å²) < 4.78 is 9.74. The Morgan fingerprint density at radius 3 is 2.30 bits per heavy atom. The number of hydrogen-bond acceptors (Lipinski definition) is 7. The Balaban J connectivity index is 3.20. The minimum atomic E-state index is -1.64. The Hall–Kier alpha value is -1.34. The first kappa shape index (κ1) is 16.7. The maximum absolute atomic E-state index is 12.4. The van der Waals surface area contributed by atoms with Gasteiger partial charge in [0.1, 0.15) is 0 Å². The Labute approximate surface area is 122 Å². The average Bonchev–Trinajstić information content (AvgIpc) is 2.84. The number of carbonyl (C=O) groups is 3. The molecule has 1 rings (SSSR count). The van der Waals surface area contributed by atoms with Crippen LogP contribution in [0.15, 0.2) is 11.5 Å². The molecule has 0 radical (unpaired) electrons. The molecule has 0 aromatic heterocycles. The summed E-state index contributed by atoms with van der Waals surface area (Å²) in [6.07, 6.45) is 1.43. The number of thioether (sulfide) groups is 1. The molecule has 0 N–H and O–H groups in total. The Bertz CT molecular complexity index is 434. The zero-order valence-corrected chi connectivity index (χ0v) is 12.9. The molecular formula is C13H19NO5S. The second-order valence-electron chi connectivity index (χ2n) is 4.39. The van der Waals surface area contributed by atoms with Crippen LogP contribution in [0.3, 0.4) is 0 Å². The van der Waals surface area contributed by atoms with E-state index in [9.17, 15) is 14.4 Å². The zero-order valence-electron chi connectivity index (χ0n) is 12.0. The number of rotatable bonds is 6. The van der Waals surface area contributed by atoms with Crippen LogP contribution in [-0.4, -0.2) is 55.3 Å². The summed E-state index contributed by atoms with van der Waals surface area (Å²) in [5, 5.41) is 1.11. The lowest BCUT2D eigenvalue weighted by molar-refractivity contribution is -0.167. The summed E-state index contributed by atoms with van der Waals surface area (Å²) in [6.45, 7) is 3.46. The van der Waals surface area contributed by atoms with Gasteiger partial charge in [0.2, 0.25) is 0 Å². The van der Waals surface area contributed by atoms with Gasteiger partial charge in [0.15, 0.2) is 5.41 Å². The first-order valence-electron chi connectivity index (χ1n) is 6.30. The smallest absolute Gasteiger partial charge is 0.376 e. The predicted octanol–water partition coefficient (Wildman–Crippen LogP) is 0.816. The number of carbonyl (C=O) groups excluding carboxylic acids is 3. The molecule has 0 saturated carbocycles. The van der Waals surface area contributed by atoms with E-state index < -0.39 is 28.5 Å². The number of Topliss-reactive ketones (excluding diaryl/α,β-unsaturated/α-hetero) is 1. The molecule has 6 nitrogen and oxygen atoms in total. The topological polar surface area (TPSA) is 72.9 Å². The Morgan fingerprint density at radius 2 is 1.80 bits per heavy atom. The van der Waals surface area contributed by atoms with E-state index in [0.717, 1.165) is 0 Å². The lowest BCUT2D eigenvalue weighted by Gasteiger charge is -2.33. The highest BCUT2D eigenvalue weighted by Gasteiger charge is 2.57. The van der Waals surface area contributed by atoms with Gasteiger partial charge < -0.3 is 9.47 Å². The largest absolute Gasteiger partial charge is 0.465 e. The van der Waals surface area contributed by atoms with Crippen LogP contribution in [0.25, 0.3) is 0 Å². The molecule has 1 aliphatic heterocycles. The minimum Gasteiger partial charge on any atom is -0.465 e. The monoisotopic (exact) mass is 301 g/mol. The van der Waals surface area contributed by atoms with Crippen molar-refractivity contribution in [3.8, 4) is 0 Å². The van der Waals surface area contributed by atoms with Crippen molar-refractivity contribution in [1.29, 1.82) is 0 Å². The van der Waals surface area contributed by atoms with E-state index in [1.54, 1.807) is 38.3 Å². The number of ether oxygens (including phenoxy) is 2. The average molecular weight is 301 g/mol. The molecule has 0 aromatic rings. The molecule has 1 heterocycles. The van der Waals surface area contributed by atoms with Crippen LogP contribution in [0.5, 0.6) is 0 Å². The van der Waals surface area contributed by atoms with Crippen molar-refractivity contribution in [2.75, 3.05) is 27.3 Å². The van der Waals surface area contributed by atoms with E-state index in [2.05, 4.69) is 0 Å². The van der Waals surface area contributed by atoms with Gasteiger partial charge in [0.05, 0.1) is 18.6 Å². The minimum absolute atomic E-state index is 0.0764. The quantitative estimate of drug-likeness (QED) is 0.408. The van der Waals surface area contributed by atoms with Crippen LogP contribution in [0.2, 0.25) is 0 Å². The van der Waals surface area contributed by atoms with Crippen LogP contribution < -0.4 is 0 Å². The summed E-state index contributed by atoms with van der Waals surface area (Å²) in [7, 11) is 3.47. The van der Waals surface area contributed by atoms with Crippen molar-refractivity contribution in [2.45, 2.75) is 19.2 Å². The SMILES string of the molecule is CCOC(=O)C(=O)C1(C(=O)OCC)C=CSC1N(C)C. The number of ketones is 1. The number of hydrogen-bond donors (Lipinski definition) is 0. The molecule has 0 amide bonds. The maximum Gasteiger partial charge on any atom is 0.376 e. The van der Waals surface area contributed by atoms with Gasteiger partial charge >= 0.3 is 11.9 Å². The predicted molar refractivity (Wildman–Crippen MR) is 74.9 cm³/mol. The second-order valence-corrected chi connectivity index (χ2v) is 5.38. The summed E-state index contributed by atoms with van der Waals surface area (Å²) in [5.74, 6) is -2.63. The third-order valence-electron chi connectivity index (χ3n) is 2.85. The molecule has 0 aromatic carbocycles. The first-order chi connectivity index (χ1) is 9.41. The summed E-state index contributed by atoms with van der Waals surface area (Å²) in [6, 6.07) is 0. The Morgan fingerprint density at radius 1 is 1.20 bits per heavy atom. The van der Waals surface area contributed by atoms with Crippen LogP contribution in [0, 0.1) is 5.41 Å². The van der Waals surface area contributed by atoms with Gasteiger partial charge in [-0.3, -0.25) is 14.5 Å². The molecule has 0 bridgehead atoms. The van der Waals surface area contributed by atoms with Gasteiger partial charge in [-0.2, -0.15) is 0 Å². The van der Waals surface area contributed by atoms with Gasteiger partial charge in [-0.05, 0) is 33.4 Å². The Kier molecular flexibility index (Phi) is 5.76. The summed E-state index contributed by atoms with van der Waals surface area (Å²) in [4.78, 5) is 38.2. The molecule has 20 heavy (non-hydrogen) atoms. The number of esters is 2. The molecule has 0 spiro atoms. The van der Waals surface area contributed by atoms with Crippen LogP contribution in [-0.2, 0) is 23.9 Å². The van der Waals surface area contributed by atoms with Gasteiger partial charge in [0, 0.05) is 0 Å². The van der Waals surface area contributed by atoms with Crippen LogP contribution in [0.1, 0.15) is 13.8 Å². The highest BCUT2D eigenvalue weighted by molar-refractivity contribution is 8.03. The van der Waals surface area contributed by atoms with Crippen LogP contribution in [0.4, 0.5) is 0 Å². The van der Waals surface area contributed by atoms with Gasteiger partial charge in [-0.1, -0.05) is 6.08 Å². The normalized spacial score (nSPS) is 24.8. The van der Waals surface area contributed by atoms with Crippen molar-refractivity contribution in [1.82, 2.24) is 4.90 Å². The van der Waals surface area contributed by atoms with Crippen molar-refractivity contribution in [3.05, 3.63) is 11.5 Å². The molecule has 7 heteroatoms. The van der Waals surface area contributed by atoms with Gasteiger partial charge in [-0.15, -0.1) is 11.8 Å². The van der Waals surface area contributed by atoms with Gasteiger partial charge in [-0.25, -0.2) is 4.79 Å².